The molecule has 1 aromatic carbocycles. The quantitative estimate of drug-likeness (QED) is 0.546. The van der Waals surface area contributed by atoms with Crippen LogP contribution >= 0.6 is 0 Å². The lowest BCUT2D eigenvalue weighted by atomic mass is 10.1. The van der Waals surface area contributed by atoms with Gasteiger partial charge in [0.25, 0.3) is 0 Å². The molecule has 1 rings (SSSR count). The van der Waals surface area contributed by atoms with Gasteiger partial charge < -0.3 is 11.1 Å². The fraction of sp³-hybridized carbons (Fsp3) is 0.600. The third-order valence-corrected chi connectivity index (χ3v) is 3.42. The van der Waals surface area contributed by atoms with Crippen molar-refractivity contribution in [2.24, 2.45) is 0 Å². The van der Waals surface area contributed by atoms with Gasteiger partial charge in [0.1, 0.15) is 0 Å². The van der Waals surface area contributed by atoms with Crippen molar-refractivity contribution >= 4 is 11.4 Å². The van der Waals surface area contributed by atoms with Gasteiger partial charge >= 0.3 is 0 Å². The standard InChI is InChI=1S/C15H26N2/c1-4-5-6-7-8-11-17-15-10-9-14(16)12(2)13(15)3/h9-10,17H,4-8,11,16H2,1-3H3. The van der Waals surface area contributed by atoms with Gasteiger partial charge in [-0.3, -0.25) is 0 Å². The number of benzene rings is 1. The molecular formula is C15H26N2. The monoisotopic (exact) mass is 234 g/mol. The third-order valence-electron chi connectivity index (χ3n) is 3.42. The highest BCUT2D eigenvalue weighted by Gasteiger charge is 2.03. The number of rotatable bonds is 7. The summed E-state index contributed by atoms with van der Waals surface area (Å²) in [5.74, 6) is 0. The van der Waals surface area contributed by atoms with Crippen LogP contribution in [0.2, 0.25) is 0 Å². The van der Waals surface area contributed by atoms with E-state index in [2.05, 4.69) is 32.2 Å². The molecule has 0 aromatic heterocycles. The number of unbranched alkanes of at least 4 members (excludes halogenated alkanes) is 4. The Morgan fingerprint density at radius 3 is 2.41 bits per heavy atom. The van der Waals surface area contributed by atoms with E-state index in [1.165, 1.54) is 48.9 Å². The van der Waals surface area contributed by atoms with Crippen LogP contribution in [0.4, 0.5) is 11.4 Å². The molecule has 0 aliphatic rings. The molecule has 2 nitrogen and oxygen atoms in total. The maximum atomic E-state index is 5.87. The lowest BCUT2D eigenvalue weighted by Crippen LogP contribution is -2.04. The predicted molar refractivity (Wildman–Crippen MR) is 77.6 cm³/mol. The van der Waals surface area contributed by atoms with Crippen molar-refractivity contribution in [1.29, 1.82) is 0 Å². The van der Waals surface area contributed by atoms with Gasteiger partial charge in [0.05, 0.1) is 0 Å². The maximum absolute atomic E-state index is 5.87. The highest BCUT2D eigenvalue weighted by Crippen LogP contribution is 2.23. The van der Waals surface area contributed by atoms with E-state index in [1.807, 2.05) is 6.07 Å². The molecule has 0 aliphatic carbocycles. The zero-order valence-electron chi connectivity index (χ0n) is 11.5. The highest BCUT2D eigenvalue weighted by atomic mass is 14.9. The Labute approximate surface area is 106 Å². The molecule has 3 N–H and O–H groups in total. The summed E-state index contributed by atoms with van der Waals surface area (Å²) in [4.78, 5) is 0. The topological polar surface area (TPSA) is 38.0 Å². The Morgan fingerprint density at radius 2 is 1.71 bits per heavy atom. The summed E-state index contributed by atoms with van der Waals surface area (Å²) in [6.07, 6.45) is 6.61. The van der Waals surface area contributed by atoms with Crippen molar-refractivity contribution in [3.63, 3.8) is 0 Å². The number of hydrogen-bond donors (Lipinski definition) is 2. The van der Waals surface area contributed by atoms with Crippen molar-refractivity contribution < 1.29 is 0 Å². The molecule has 0 spiro atoms. The van der Waals surface area contributed by atoms with E-state index in [1.54, 1.807) is 0 Å². The van der Waals surface area contributed by atoms with E-state index in [4.69, 9.17) is 5.73 Å². The normalized spacial score (nSPS) is 10.5. The maximum Gasteiger partial charge on any atom is 0.0374 e. The number of nitrogen functional groups attached to an aromatic ring is 1. The zero-order chi connectivity index (χ0) is 12.7. The van der Waals surface area contributed by atoms with Crippen molar-refractivity contribution in [3.8, 4) is 0 Å². The summed E-state index contributed by atoms with van der Waals surface area (Å²) in [6, 6.07) is 4.07. The molecule has 2 heteroatoms. The molecule has 0 atom stereocenters. The molecule has 0 amide bonds. The molecule has 1 aromatic rings. The third kappa shape index (κ3) is 4.29. The first-order valence-corrected chi connectivity index (χ1v) is 6.76. The van der Waals surface area contributed by atoms with Gasteiger partial charge in [0, 0.05) is 17.9 Å². The first-order chi connectivity index (χ1) is 8.16. The summed E-state index contributed by atoms with van der Waals surface area (Å²) in [5.41, 5.74) is 10.5. The number of anilines is 2. The van der Waals surface area contributed by atoms with Crippen LogP contribution in [0.3, 0.4) is 0 Å². The lowest BCUT2D eigenvalue weighted by molar-refractivity contribution is 0.645. The highest BCUT2D eigenvalue weighted by molar-refractivity contribution is 5.62. The molecule has 0 fully saturated rings. The Hall–Kier alpha value is -1.18. The molecule has 17 heavy (non-hydrogen) atoms. The second-order valence-electron chi connectivity index (χ2n) is 4.79. The molecular weight excluding hydrogens is 208 g/mol. The van der Waals surface area contributed by atoms with Gasteiger partial charge in [-0.25, -0.2) is 0 Å². The number of nitrogens with one attached hydrogen (secondary N) is 1. The zero-order valence-corrected chi connectivity index (χ0v) is 11.5. The predicted octanol–water partition coefficient (Wildman–Crippen LogP) is 4.27. The summed E-state index contributed by atoms with van der Waals surface area (Å²) >= 11 is 0. The first-order valence-electron chi connectivity index (χ1n) is 6.76. The molecule has 96 valence electrons. The van der Waals surface area contributed by atoms with Crippen LogP contribution in [0.15, 0.2) is 12.1 Å². The molecule has 0 radical (unpaired) electrons. The Kier molecular flexibility index (Phi) is 5.88. The fourth-order valence-corrected chi connectivity index (χ4v) is 1.98. The average molecular weight is 234 g/mol. The largest absolute Gasteiger partial charge is 0.399 e. The Bertz CT molecular complexity index is 345. The number of hydrogen-bond acceptors (Lipinski definition) is 2. The van der Waals surface area contributed by atoms with Crippen LogP contribution in [0, 0.1) is 13.8 Å². The second kappa shape index (κ2) is 7.21. The molecule has 0 bridgehead atoms. The van der Waals surface area contributed by atoms with E-state index in [0.717, 1.165) is 12.2 Å². The Balaban J connectivity index is 2.35. The van der Waals surface area contributed by atoms with Gasteiger partial charge in [-0.1, -0.05) is 32.6 Å². The molecule has 0 heterocycles. The van der Waals surface area contributed by atoms with Crippen LogP contribution in [0.1, 0.15) is 50.2 Å². The molecule has 0 aliphatic heterocycles. The van der Waals surface area contributed by atoms with E-state index in [9.17, 15) is 0 Å². The molecule has 0 saturated heterocycles. The fourth-order valence-electron chi connectivity index (χ4n) is 1.98. The molecule has 0 unspecified atom stereocenters. The van der Waals surface area contributed by atoms with Gasteiger partial charge in [-0.05, 0) is 43.5 Å². The Morgan fingerprint density at radius 1 is 1.00 bits per heavy atom. The van der Waals surface area contributed by atoms with Crippen LogP contribution in [-0.4, -0.2) is 6.54 Å². The van der Waals surface area contributed by atoms with E-state index in [-0.39, 0.29) is 0 Å². The second-order valence-corrected chi connectivity index (χ2v) is 4.79. The summed E-state index contributed by atoms with van der Waals surface area (Å²) < 4.78 is 0. The van der Waals surface area contributed by atoms with Crippen LogP contribution < -0.4 is 11.1 Å². The van der Waals surface area contributed by atoms with Crippen molar-refractivity contribution in [2.45, 2.75) is 52.9 Å². The van der Waals surface area contributed by atoms with Crippen LogP contribution in [-0.2, 0) is 0 Å². The van der Waals surface area contributed by atoms with Gasteiger partial charge in [0.2, 0.25) is 0 Å². The SMILES string of the molecule is CCCCCCCNc1ccc(N)c(C)c1C. The summed E-state index contributed by atoms with van der Waals surface area (Å²) in [6.45, 7) is 7.52. The van der Waals surface area contributed by atoms with Gasteiger partial charge in [0.15, 0.2) is 0 Å². The molecule has 0 saturated carbocycles. The first kappa shape index (κ1) is 13.9. The van der Waals surface area contributed by atoms with Crippen molar-refractivity contribution in [2.75, 3.05) is 17.6 Å². The minimum Gasteiger partial charge on any atom is -0.399 e. The van der Waals surface area contributed by atoms with E-state index >= 15 is 0 Å². The minimum atomic E-state index is 0.885. The summed E-state index contributed by atoms with van der Waals surface area (Å²) in [7, 11) is 0. The van der Waals surface area contributed by atoms with Gasteiger partial charge in [-0.2, -0.15) is 0 Å². The van der Waals surface area contributed by atoms with Crippen molar-refractivity contribution in [3.05, 3.63) is 23.3 Å². The van der Waals surface area contributed by atoms with E-state index < -0.39 is 0 Å². The minimum absolute atomic E-state index is 0.885. The number of nitrogens with two attached hydrogens (primary N) is 1. The van der Waals surface area contributed by atoms with E-state index in [0.29, 0.717) is 0 Å². The smallest absolute Gasteiger partial charge is 0.0374 e. The summed E-state index contributed by atoms with van der Waals surface area (Å²) in [5, 5.41) is 3.50. The lowest BCUT2D eigenvalue weighted by Gasteiger charge is -2.13. The van der Waals surface area contributed by atoms with Crippen LogP contribution in [0.5, 0.6) is 0 Å². The average Bonchev–Trinajstić information content (AvgIpc) is 2.33. The van der Waals surface area contributed by atoms with Gasteiger partial charge in [-0.15, -0.1) is 0 Å². The van der Waals surface area contributed by atoms with Crippen molar-refractivity contribution in [1.82, 2.24) is 0 Å². The van der Waals surface area contributed by atoms with Crippen LogP contribution in [0.25, 0.3) is 0 Å².